The van der Waals surface area contributed by atoms with Crippen molar-refractivity contribution in [2.45, 2.75) is 60.8 Å². The Kier molecular flexibility index (Phi) is 15.6. The van der Waals surface area contributed by atoms with Gasteiger partial charge in [-0.25, -0.2) is 9.59 Å². The predicted molar refractivity (Wildman–Crippen MR) is 183 cm³/mol. The van der Waals surface area contributed by atoms with Crippen molar-refractivity contribution in [2.75, 3.05) is 43.9 Å². The Morgan fingerprint density at radius 3 is 1.72 bits per heavy atom. The first kappa shape index (κ1) is 39.0. The van der Waals surface area contributed by atoms with Crippen LogP contribution in [0.2, 0.25) is 0 Å². The highest BCUT2D eigenvalue weighted by atomic mass is 32.2. The molecule has 0 spiro atoms. The molecule has 0 aromatic carbocycles. The van der Waals surface area contributed by atoms with Gasteiger partial charge in [-0.15, -0.1) is 0 Å². The highest BCUT2D eigenvalue weighted by Gasteiger charge is 2.38. The molecule has 3 saturated heterocycles. The molecule has 9 atom stereocenters. The van der Waals surface area contributed by atoms with E-state index in [-0.39, 0.29) is 58.1 Å². The SMILES string of the molecule is C[P+](=O)C1OC(CO)CS1.Cc1c[nH]c(=O)n(CC2CSC([P+](C)=O)O2)c1=O.Cc1cn(CC2CSC([P+](C)=O)O2)c(=O)[nH]c1=O. The molecule has 3 aliphatic rings. The molecular weight excluding hydrogens is 721 g/mol. The fourth-order valence-corrected chi connectivity index (χ4v) is 10.8. The number of aromatic amines is 2. The van der Waals surface area contributed by atoms with Crippen molar-refractivity contribution in [1.82, 2.24) is 19.1 Å². The fourth-order valence-electron chi connectivity index (χ4n) is 4.12. The summed E-state index contributed by atoms with van der Waals surface area (Å²) in [5.41, 5.74) is -0.590. The van der Waals surface area contributed by atoms with Crippen LogP contribution < -0.4 is 22.5 Å². The summed E-state index contributed by atoms with van der Waals surface area (Å²) in [6.07, 6.45) is 2.42. The van der Waals surface area contributed by atoms with Gasteiger partial charge in [0, 0.05) is 40.8 Å². The van der Waals surface area contributed by atoms with E-state index in [4.69, 9.17) is 19.3 Å². The lowest BCUT2D eigenvalue weighted by Crippen LogP contribution is -2.39. The number of aryl methyl sites for hydroxylation is 2. The number of thioether (sulfide) groups is 3. The van der Waals surface area contributed by atoms with E-state index >= 15 is 0 Å². The van der Waals surface area contributed by atoms with E-state index in [0.717, 1.165) is 10.3 Å². The molecule has 3 fully saturated rings. The van der Waals surface area contributed by atoms with Gasteiger partial charge in [0.05, 0.1) is 38.0 Å². The maximum Gasteiger partial charge on any atom is 0.378 e. The van der Waals surface area contributed by atoms with Gasteiger partial charge in [0.25, 0.3) is 11.1 Å². The Morgan fingerprint density at radius 1 is 0.783 bits per heavy atom. The average Bonchev–Trinajstić information content (AvgIpc) is 3.78. The van der Waals surface area contributed by atoms with Crippen LogP contribution in [0, 0.1) is 13.8 Å². The minimum Gasteiger partial charge on any atom is -0.394 e. The van der Waals surface area contributed by atoms with Crippen LogP contribution in [-0.4, -0.2) is 102 Å². The van der Waals surface area contributed by atoms with Crippen LogP contribution in [0.5, 0.6) is 0 Å². The number of aliphatic hydroxyl groups is 1. The summed E-state index contributed by atoms with van der Waals surface area (Å²) < 4.78 is 52.3. The molecule has 0 radical (unpaired) electrons. The highest BCUT2D eigenvalue weighted by molar-refractivity contribution is 8.05. The quantitative estimate of drug-likeness (QED) is 0.330. The Bertz CT molecular complexity index is 1650. The largest absolute Gasteiger partial charge is 0.394 e. The van der Waals surface area contributed by atoms with Gasteiger partial charge in [-0.2, -0.15) is 0 Å². The van der Waals surface area contributed by atoms with E-state index in [1.54, 1.807) is 33.8 Å². The minimum atomic E-state index is -1.41. The third kappa shape index (κ3) is 11.3. The second-order valence-electron chi connectivity index (χ2n) is 10.4. The second-order valence-corrected chi connectivity index (χ2v) is 19.4. The number of aromatic nitrogens is 4. The molecular formula is C25H38N4O11P3S3+3. The van der Waals surface area contributed by atoms with Crippen LogP contribution in [0.15, 0.2) is 31.6 Å². The second kappa shape index (κ2) is 18.4. The summed E-state index contributed by atoms with van der Waals surface area (Å²) in [5, 5.41) is 7.83. The number of hydrogen-bond acceptors (Lipinski definition) is 14. The molecule has 5 rings (SSSR count). The van der Waals surface area contributed by atoms with Crippen molar-refractivity contribution >= 4 is 58.7 Å². The van der Waals surface area contributed by atoms with Crippen molar-refractivity contribution in [3.8, 4) is 0 Å². The molecule has 9 unspecified atom stereocenters. The van der Waals surface area contributed by atoms with Gasteiger partial charge in [-0.05, 0) is 13.8 Å². The van der Waals surface area contributed by atoms with Gasteiger partial charge in [-0.1, -0.05) is 49.0 Å². The lowest BCUT2D eigenvalue weighted by Gasteiger charge is -2.10. The molecule has 21 heteroatoms. The van der Waals surface area contributed by atoms with Crippen molar-refractivity contribution in [3.05, 3.63) is 65.2 Å². The lowest BCUT2D eigenvalue weighted by molar-refractivity contribution is 0.0542. The van der Waals surface area contributed by atoms with Crippen molar-refractivity contribution in [2.24, 2.45) is 0 Å². The topological polar surface area (TPSA) is 209 Å². The third-order valence-corrected chi connectivity index (χ3v) is 15.6. The highest BCUT2D eigenvalue weighted by Crippen LogP contribution is 2.41. The molecule has 2 aromatic rings. The maximum absolute atomic E-state index is 11.8. The Hall–Kier alpha value is -1.45. The molecule has 15 nitrogen and oxygen atoms in total. The van der Waals surface area contributed by atoms with Crippen LogP contribution in [0.25, 0.3) is 0 Å². The number of H-pyrrole nitrogens is 2. The van der Waals surface area contributed by atoms with E-state index in [1.165, 1.54) is 52.2 Å². The summed E-state index contributed by atoms with van der Waals surface area (Å²) in [6, 6.07) is 0. The molecule has 2 aromatic heterocycles. The zero-order chi connectivity index (χ0) is 34.1. The number of rotatable bonds is 8. The number of nitrogens with one attached hydrogen (secondary N) is 2. The summed E-state index contributed by atoms with van der Waals surface area (Å²) in [4.78, 5) is 51.0. The normalized spacial score (nSPS) is 26.4. The summed E-state index contributed by atoms with van der Waals surface area (Å²) in [5.74, 6) is 2.10. The first-order valence-electron chi connectivity index (χ1n) is 13.9. The zero-order valence-corrected chi connectivity index (χ0v) is 31.0. The van der Waals surface area contributed by atoms with Gasteiger partial charge in [0.2, 0.25) is 0 Å². The van der Waals surface area contributed by atoms with E-state index in [9.17, 15) is 32.9 Å². The van der Waals surface area contributed by atoms with Crippen LogP contribution >= 0.6 is 58.7 Å². The van der Waals surface area contributed by atoms with E-state index in [0.29, 0.717) is 29.2 Å². The first-order valence-corrected chi connectivity index (χ1v) is 22.4. The zero-order valence-electron chi connectivity index (χ0n) is 25.9. The molecule has 254 valence electrons. The monoisotopic (exact) mass is 759 g/mol. The Labute approximate surface area is 279 Å². The molecule has 46 heavy (non-hydrogen) atoms. The van der Waals surface area contributed by atoms with Gasteiger partial charge >= 0.3 is 50.3 Å². The van der Waals surface area contributed by atoms with E-state index in [2.05, 4.69) is 9.97 Å². The molecule has 3 aliphatic heterocycles. The van der Waals surface area contributed by atoms with Crippen LogP contribution in [-0.2, 0) is 41.0 Å². The smallest absolute Gasteiger partial charge is 0.378 e. The number of nitrogens with zero attached hydrogens (tertiary/aromatic N) is 2. The maximum atomic E-state index is 11.8. The van der Waals surface area contributed by atoms with Gasteiger partial charge in [0.15, 0.2) is 0 Å². The van der Waals surface area contributed by atoms with Crippen LogP contribution in [0.3, 0.4) is 0 Å². The summed E-state index contributed by atoms with van der Waals surface area (Å²) in [6.45, 7) is 8.77. The van der Waals surface area contributed by atoms with Crippen molar-refractivity contribution in [1.29, 1.82) is 0 Å². The Morgan fingerprint density at radius 2 is 1.26 bits per heavy atom. The van der Waals surface area contributed by atoms with E-state index < -0.39 is 34.8 Å². The van der Waals surface area contributed by atoms with Gasteiger partial charge in [0.1, 0.15) is 20.0 Å². The van der Waals surface area contributed by atoms with Gasteiger partial charge < -0.3 is 24.3 Å². The van der Waals surface area contributed by atoms with Crippen LogP contribution in [0.4, 0.5) is 0 Å². The van der Waals surface area contributed by atoms with E-state index in [1.807, 2.05) is 0 Å². The van der Waals surface area contributed by atoms with Crippen LogP contribution in [0.1, 0.15) is 11.1 Å². The standard InChI is InChI=1S/2C10H13N2O4PS.C5H10O3PS/c1-6-3-12(9(14)11-8(6)13)4-7-5-18-10(16-7)17(2)15;1-6-3-11-9(14)12(8(6)13)4-7-5-18-10(16-7)17(2)15;1-9(7)5-8-4(2-6)3-10-5/h2*3,7,10H,4-5H2,1-2H3;4-6H,2-3H2,1H3/q;;+1/p+2. The first-order chi connectivity index (χ1) is 21.7. The lowest BCUT2D eigenvalue weighted by atomic mass is 10.3. The molecule has 0 bridgehead atoms. The number of aliphatic hydroxyl groups excluding tert-OH is 1. The fraction of sp³-hybridized carbons (Fsp3) is 0.680. The minimum absolute atomic E-state index is 0.0344. The van der Waals surface area contributed by atoms with Crippen molar-refractivity contribution < 1.29 is 33.0 Å². The summed E-state index contributed by atoms with van der Waals surface area (Å²) in [7, 11) is -4.04. The average molecular weight is 760 g/mol. The number of ether oxygens (including phenoxy) is 3. The molecule has 0 aliphatic carbocycles. The van der Waals surface area contributed by atoms with Crippen molar-refractivity contribution in [3.63, 3.8) is 0 Å². The third-order valence-electron chi connectivity index (χ3n) is 6.51. The molecule has 0 saturated carbocycles. The summed E-state index contributed by atoms with van der Waals surface area (Å²) >= 11 is 4.48. The Balaban J connectivity index is 0.000000196. The molecule has 5 heterocycles. The molecule has 3 N–H and O–H groups in total. The van der Waals surface area contributed by atoms with Gasteiger partial charge in [-0.3, -0.25) is 23.7 Å². The predicted octanol–water partition coefficient (Wildman–Crippen LogP) is 2.29. The number of hydrogen-bond donors (Lipinski definition) is 3. The molecule has 0 amide bonds.